The van der Waals surface area contributed by atoms with E-state index in [-0.39, 0.29) is 5.56 Å². The summed E-state index contributed by atoms with van der Waals surface area (Å²) in [5.74, 6) is 0. The molecule has 0 fully saturated rings. The van der Waals surface area contributed by atoms with Crippen LogP contribution < -0.4 is 5.32 Å². The van der Waals surface area contributed by atoms with Crippen molar-refractivity contribution < 1.29 is 13.2 Å². The molecular formula is C13H18F3N. The number of hydrogen-bond donors (Lipinski definition) is 1. The van der Waals surface area contributed by atoms with E-state index >= 15 is 0 Å². The standard InChI is InChI=1S/C13H18F3N/c1-4-12(2,3)17-11(13(14,15)16)10-8-6-5-7-9-10/h5-9,11,17H,4H2,1-3H3. The lowest BCUT2D eigenvalue weighted by atomic mass is 9.97. The van der Waals surface area contributed by atoms with Gasteiger partial charge in [0.25, 0.3) is 0 Å². The highest BCUT2D eigenvalue weighted by Crippen LogP contribution is 2.34. The van der Waals surface area contributed by atoms with Gasteiger partial charge >= 0.3 is 6.18 Å². The van der Waals surface area contributed by atoms with Gasteiger partial charge in [0.05, 0.1) is 0 Å². The molecule has 0 aliphatic carbocycles. The first-order chi connectivity index (χ1) is 7.76. The molecule has 17 heavy (non-hydrogen) atoms. The number of nitrogens with one attached hydrogen (secondary N) is 1. The summed E-state index contributed by atoms with van der Waals surface area (Å²) in [7, 11) is 0. The van der Waals surface area contributed by atoms with Crippen LogP contribution in [-0.4, -0.2) is 11.7 Å². The molecular weight excluding hydrogens is 227 g/mol. The van der Waals surface area contributed by atoms with E-state index in [0.29, 0.717) is 6.42 Å². The average Bonchev–Trinajstić information content (AvgIpc) is 2.26. The molecule has 0 aliphatic rings. The fourth-order valence-electron chi connectivity index (χ4n) is 1.49. The van der Waals surface area contributed by atoms with Crippen molar-refractivity contribution in [2.24, 2.45) is 0 Å². The van der Waals surface area contributed by atoms with Crippen LogP contribution in [0.1, 0.15) is 38.8 Å². The monoisotopic (exact) mass is 245 g/mol. The van der Waals surface area contributed by atoms with Crippen LogP contribution in [0.25, 0.3) is 0 Å². The summed E-state index contributed by atoms with van der Waals surface area (Å²) in [4.78, 5) is 0. The zero-order chi connectivity index (χ0) is 13.1. The zero-order valence-corrected chi connectivity index (χ0v) is 10.3. The predicted octanol–water partition coefficient (Wildman–Crippen LogP) is 4.07. The van der Waals surface area contributed by atoms with Crippen LogP contribution in [0.4, 0.5) is 13.2 Å². The lowest BCUT2D eigenvalue weighted by molar-refractivity contribution is -0.162. The van der Waals surface area contributed by atoms with E-state index in [0.717, 1.165) is 0 Å². The Morgan fingerprint density at radius 3 is 2.06 bits per heavy atom. The molecule has 1 aromatic rings. The molecule has 0 amide bonds. The number of benzene rings is 1. The minimum atomic E-state index is -4.28. The highest BCUT2D eigenvalue weighted by atomic mass is 19.4. The second-order valence-corrected chi connectivity index (χ2v) is 4.77. The largest absolute Gasteiger partial charge is 0.407 e. The summed E-state index contributed by atoms with van der Waals surface area (Å²) in [6.45, 7) is 5.41. The fraction of sp³-hybridized carbons (Fsp3) is 0.538. The Morgan fingerprint density at radius 2 is 1.65 bits per heavy atom. The van der Waals surface area contributed by atoms with Crippen LogP contribution in [0.5, 0.6) is 0 Å². The van der Waals surface area contributed by atoms with Crippen LogP contribution in [0.15, 0.2) is 30.3 Å². The second kappa shape index (κ2) is 5.08. The Balaban J connectivity index is 2.99. The van der Waals surface area contributed by atoms with Crippen molar-refractivity contribution in [3.63, 3.8) is 0 Å². The van der Waals surface area contributed by atoms with Gasteiger partial charge < -0.3 is 0 Å². The van der Waals surface area contributed by atoms with E-state index in [1.54, 1.807) is 32.0 Å². The molecule has 1 nitrogen and oxygen atoms in total. The highest BCUT2D eigenvalue weighted by molar-refractivity contribution is 5.20. The third-order valence-corrected chi connectivity index (χ3v) is 2.88. The van der Waals surface area contributed by atoms with Crippen LogP contribution in [0.2, 0.25) is 0 Å². The first-order valence-corrected chi connectivity index (χ1v) is 5.65. The maximum atomic E-state index is 13.0. The summed E-state index contributed by atoms with van der Waals surface area (Å²) in [5, 5.41) is 2.67. The van der Waals surface area contributed by atoms with E-state index < -0.39 is 17.8 Å². The third-order valence-electron chi connectivity index (χ3n) is 2.88. The van der Waals surface area contributed by atoms with Crippen LogP contribution in [0.3, 0.4) is 0 Å². The van der Waals surface area contributed by atoms with E-state index in [1.807, 2.05) is 6.92 Å². The van der Waals surface area contributed by atoms with Crippen LogP contribution in [-0.2, 0) is 0 Å². The summed E-state index contributed by atoms with van der Waals surface area (Å²) in [5.41, 5.74) is -0.294. The number of halogens is 3. The van der Waals surface area contributed by atoms with Crippen molar-refractivity contribution in [3.8, 4) is 0 Å². The third kappa shape index (κ3) is 4.04. The topological polar surface area (TPSA) is 12.0 Å². The lowest BCUT2D eigenvalue weighted by Crippen LogP contribution is -2.46. The second-order valence-electron chi connectivity index (χ2n) is 4.77. The van der Waals surface area contributed by atoms with Gasteiger partial charge in [-0.3, -0.25) is 5.32 Å². The molecule has 0 aromatic heterocycles. The fourth-order valence-corrected chi connectivity index (χ4v) is 1.49. The van der Waals surface area contributed by atoms with Gasteiger partial charge in [-0.15, -0.1) is 0 Å². The highest BCUT2D eigenvalue weighted by Gasteiger charge is 2.42. The van der Waals surface area contributed by atoms with Crippen LogP contribution >= 0.6 is 0 Å². The molecule has 0 heterocycles. The number of alkyl halides is 3. The van der Waals surface area contributed by atoms with Gasteiger partial charge in [0, 0.05) is 5.54 Å². The van der Waals surface area contributed by atoms with Gasteiger partial charge in [-0.25, -0.2) is 0 Å². The molecule has 1 atom stereocenters. The maximum Gasteiger partial charge on any atom is 0.407 e. The summed E-state index contributed by atoms with van der Waals surface area (Å²) in [6.07, 6.45) is -3.65. The Kier molecular flexibility index (Phi) is 4.20. The summed E-state index contributed by atoms with van der Waals surface area (Å²) >= 11 is 0. The van der Waals surface area contributed by atoms with Gasteiger partial charge in [0.2, 0.25) is 0 Å². The minimum Gasteiger partial charge on any atom is -0.297 e. The minimum absolute atomic E-state index is 0.251. The average molecular weight is 245 g/mol. The quantitative estimate of drug-likeness (QED) is 0.843. The number of hydrogen-bond acceptors (Lipinski definition) is 1. The van der Waals surface area contributed by atoms with Gasteiger partial charge in [-0.2, -0.15) is 13.2 Å². The molecule has 1 rings (SSSR count). The van der Waals surface area contributed by atoms with Gasteiger partial charge in [-0.1, -0.05) is 37.3 Å². The van der Waals surface area contributed by atoms with E-state index in [4.69, 9.17) is 0 Å². The molecule has 4 heteroatoms. The first kappa shape index (κ1) is 14.0. The Bertz CT molecular complexity index is 343. The normalized spacial score (nSPS) is 14.7. The Morgan fingerprint density at radius 1 is 1.12 bits per heavy atom. The van der Waals surface area contributed by atoms with Gasteiger partial charge in [0.1, 0.15) is 6.04 Å². The van der Waals surface area contributed by atoms with Crippen LogP contribution in [0, 0.1) is 0 Å². The van der Waals surface area contributed by atoms with Crippen molar-refractivity contribution in [2.45, 2.75) is 44.9 Å². The lowest BCUT2D eigenvalue weighted by Gasteiger charge is -2.32. The Labute approximate surface area is 100 Å². The molecule has 1 N–H and O–H groups in total. The molecule has 0 aliphatic heterocycles. The van der Waals surface area contributed by atoms with E-state index in [2.05, 4.69) is 5.32 Å². The Hall–Kier alpha value is -1.03. The van der Waals surface area contributed by atoms with Crippen molar-refractivity contribution in [1.29, 1.82) is 0 Å². The van der Waals surface area contributed by atoms with Gasteiger partial charge in [0.15, 0.2) is 0 Å². The first-order valence-electron chi connectivity index (χ1n) is 5.65. The molecule has 96 valence electrons. The number of rotatable bonds is 4. The van der Waals surface area contributed by atoms with Crippen molar-refractivity contribution in [2.75, 3.05) is 0 Å². The predicted molar refractivity (Wildman–Crippen MR) is 62.7 cm³/mol. The molecule has 0 radical (unpaired) electrons. The maximum absolute atomic E-state index is 13.0. The van der Waals surface area contributed by atoms with Gasteiger partial charge in [-0.05, 0) is 25.8 Å². The molecule has 1 unspecified atom stereocenters. The smallest absolute Gasteiger partial charge is 0.297 e. The molecule has 0 saturated heterocycles. The zero-order valence-electron chi connectivity index (χ0n) is 10.3. The molecule has 1 aromatic carbocycles. The van der Waals surface area contributed by atoms with Crippen molar-refractivity contribution >= 4 is 0 Å². The molecule has 0 bridgehead atoms. The summed E-state index contributed by atoms with van der Waals surface area (Å²) in [6, 6.07) is 6.33. The summed E-state index contributed by atoms with van der Waals surface area (Å²) < 4.78 is 39.0. The SMILES string of the molecule is CCC(C)(C)NC(c1ccccc1)C(F)(F)F. The molecule has 0 saturated carbocycles. The van der Waals surface area contributed by atoms with Crippen molar-refractivity contribution in [1.82, 2.24) is 5.32 Å². The van der Waals surface area contributed by atoms with E-state index in [9.17, 15) is 13.2 Å². The van der Waals surface area contributed by atoms with Crippen molar-refractivity contribution in [3.05, 3.63) is 35.9 Å². The van der Waals surface area contributed by atoms with E-state index in [1.165, 1.54) is 12.1 Å². The molecule has 0 spiro atoms.